The van der Waals surface area contributed by atoms with Gasteiger partial charge in [-0.2, -0.15) is 0 Å². The standard InChI is InChI=1S/C19H20Cl2N2O2/c20-15-7-8-18(16(21)11-15)25-13-19(24)22-12-14-5-1-2-6-17(14)23-9-3-4-10-23/h1-2,5-8,11H,3-4,9-10,12-13H2,(H,22,24). The van der Waals surface area contributed by atoms with E-state index in [1.165, 1.54) is 18.5 Å². The summed E-state index contributed by atoms with van der Waals surface area (Å²) in [6.45, 7) is 2.53. The Hall–Kier alpha value is -1.91. The summed E-state index contributed by atoms with van der Waals surface area (Å²) in [4.78, 5) is 14.4. The first kappa shape index (κ1) is 17.9. The van der Waals surface area contributed by atoms with Crippen LogP contribution in [-0.2, 0) is 11.3 Å². The first-order chi connectivity index (χ1) is 12.1. The molecule has 2 aromatic rings. The Balaban J connectivity index is 1.54. The van der Waals surface area contributed by atoms with E-state index >= 15 is 0 Å². The largest absolute Gasteiger partial charge is 0.482 e. The molecule has 0 unspecified atom stereocenters. The number of hydrogen-bond acceptors (Lipinski definition) is 3. The topological polar surface area (TPSA) is 41.6 Å². The molecule has 3 rings (SSSR count). The summed E-state index contributed by atoms with van der Waals surface area (Å²) in [6, 6.07) is 13.1. The Morgan fingerprint density at radius 2 is 1.88 bits per heavy atom. The Bertz CT molecular complexity index is 746. The molecule has 1 fully saturated rings. The van der Waals surface area contributed by atoms with Crippen LogP contribution in [0.2, 0.25) is 10.0 Å². The van der Waals surface area contributed by atoms with Gasteiger partial charge in [0.1, 0.15) is 5.75 Å². The summed E-state index contributed by atoms with van der Waals surface area (Å²) >= 11 is 11.9. The predicted octanol–water partition coefficient (Wildman–Crippen LogP) is 4.29. The van der Waals surface area contributed by atoms with Crippen molar-refractivity contribution in [2.75, 3.05) is 24.6 Å². The molecule has 25 heavy (non-hydrogen) atoms. The maximum absolute atomic E-state index is 12.1. The molecule has 0 aliphatic carbocycles. The van der Waals surface area contributed by atoms with Crippen molar-refractivity contribution in [3.63, 3.8) is 0 Å². The van der Waals surface area contributed by atoms with E-state index in [-0.39, 0.29) is 12.5 Å². The zero-order chi connectivity index (χ0) is 17.6. The van der Waals surface area contributed by atoms with E-state index in [0.29, 0.717) is 22.3 Å². The molecule has 6 heteroatoms. The van der Waals surface area contributed by atoms with E-state index in [4.69, 9.17) is 27.9 Å². The normalized spacial score (nSPS) is 13.8. The lowest BCUT2D eigenvalue weighted by Gasteiger charge is -2.21. The third kappa shape index (κ3) is 4.80. The third-order valence-electron chi connectivity index (χ3n) is 4.17. The lowest BCUT2D eigenvalue weighted by Crippen LogP contribution is -2.29. The number of hydrogen-bond donors (Lipinski definition) is 1. The minimum Gasteiger partial charge on any atom is -0.482 e. The molecule has 1 N–H and O–H groups in total. The molecule has 0 bridgehead atoms. The Labute approximate surface area is 157 Å². The minimum atomic E-state index is -0.192. The van der Waals surface area contributed by atoms with Gasteiger partial charge in [-0.3, -0.25) is 4.79 Å². The van der Waals surface area contributed by atoms with Crippen LogP contribution in [0, 0.1) is 0 Å². The van der Waals surface area contributed by atoms with Gasteiger partial charge in [0.2, 0.25) is 0 Å². The fourth-order valence-corrected chi connectivity index (χ4v) is 3.37. The van der Waals surface area contributed by atoms with Crippen molar-refractivity contribution in [3.8, 4) is 5.75 Å². The second-order valence-electron chi connectivity index (χ2n) is 5.96. The first-order valence-electron chi connectivity index (χ1n) is 8.31. The van der Waals surface area contributed by atoms with E-state index in [0.717, 1.165) is 18.7 Å². The number of halogens is 2. The molecule has 4 nitrogen and oxygen atoms in total. The lowest BCUT2D eigenvalue weighted by molar-refractivity contribution is -0.123. The maximum Gasteiger partial charge on any atom is 0.258 e. The lowest BCUT2D eigenvalue weighted by atomic mass is 10.1. The smallest absolute Gasteiger partial charge is 0.258 e. The number of carbonyl (C=O) groups is 1. The van der Waals surface area contributed by atoms with Crippen LogP contribution in [-0.4, -0.2) is 25.6 Å². The van der Waals surface area contributed by atoms with E-state index in [1.807, 2.05) is 18.2 Å². The van der Waals surface area contributed by atoms with Gasteiger partial charge in [-0.15, -0.1) is 0 Å². The highest BCUT2D eigenvalue weighted by Crippen LogP contribution is 2.27. The number of nitrogens with one attached hydrogen (secondary N) is 1. The van der Waals surface area contributed by atoms with Crippen molar-refractivity contribution in [2.45, 2.75) is 19.4 Å². The summed E-state index contributed by atoms with van der Waals surface area (Å²) < 4.78 is 5.46. The van der Waals surface area contributed by atoms with Crippen molar-refractivity contribution in [2.24, 2.45) is 0 Å². The number of amides is 1. The molecule has 1 saturated heterocycles. The van der Waals surface area contributed by atoms with Crippen molar-refractivity contribution >= 4 is 34.8 Å². The SMILES string of the molecule is O=C(COc1ccc(Cl)cc1Cl)NCc1ccccc1N1CCCC1. The van der Waals surface area contributed by atoms with Crippen LogP contribution in [0.15, 0.2) is 42.5 Å². The number of para-hydroxylation sites is 1. The van der Waals surface area contributed by atoms with E-state index in [9.17, 15) is 4.79 Å². The van der Waals surface area contributed by atoms with Crippen molar-refractivity contribution in [1.82, 2.24) is 5.32 Å². The summed E-state index contributed by atoms with van der Waals surface area (Å²) in [5.74, 6) is 0.251. The fourth-order valence-electron chi connectivity index (χ4n) is 2.91. The molecule has 2 aromatic carbocycles. The quantitative estimate of drug-likeness (QED) is 0.814. The van der Waals surface area contributed by atoms with Crippen LogP contribution in [0.1, 0.15) is 18.4 Å². The van der Waals surface area contributed by atoms with Crippen LogP contribution in [0.4, 0.5) is 5.69 Å². The Morgan fingerprint density at radius 1 is 1.12 bits per heavy atom. The summed E-state index contributed by atoms with van der Waals surface area (Å²) in [6.07, 6.45) is 2.44. The van der Waals surface area contributed by atoms with Gasteiger partial charge >= 0.3 is 0 Å². The molecule has 0 saturated carbocycles. The zero-order valence-corrected chi connectivity index (χ0v) is 15.3. The van der Waals surface area contributed by atoms with Crippen molar-refractivity contribution < 1.29 is 9.53 Å². The Morgan fingerprint density at radius 3 is 2.64 bits per heavy atom. The molecule has 1 aliphatic heterocycles. The summed E-state index contributed by atoms with van der Waals surface area (Å²) in [5.41, 5.74) is 2.31. The highest BCUT2D eigenvalue weighted by atomic mass is 35.5. The number of benzene rings is 2. The van der Waals surface area contributed by atoms with Crippen LogP contribution >= 0.6 is 23.2 Å². The summed E-state index contributed by atoms with van der Waals surface area (Å²) in [7, 11) is 0. The predicted molar refractivity (Wildman–Crippen MR) is 102 cm³/mol. The van der Waals surface area contributed by atoms with Gasteiger partial charge in [-0.05, 0) is 42.7 Å². The van der Waals surface area contributed by atoms with Crippen LogP contribution in [0.25, 0.3) is 0 Å². The molecule has 1 heterocycles. The number of rotatable bonds is 6. The number of anilines is 1. The van der Waals surface area contributed by atoms with Crippen molar-refractivity contribution in [1.29, 1.82) is 0 Å². The molecule has 0 spiro atoms. The second kappa shape index (κ2) is 8.45. The Kier molecular flexibility index (Phi) is 6.05. The first-order valence-corrected chi connectivity index (χ1v) is 9.06. The fraction of sp³-hybridized carbons (Fsp3) is 0.316. The molecule has 1 aliphatic rings. The third-order valence-corrected chi connectivity index (χ3v) is 4.70. The molecular weight excluding hydrogens is 359 g/mol. The van der Waals surface area contributed by atoms with Gasteiger partial charge in [-0.1, -0.05) is 41.4 Å². The average Bonchev–Trinajstić information content (AvgIpc) is 3.14. The zero-order valence-electron chi connectivity index (χ0n) is 13.8. The van der Waals surface area contributed by atoms with Gasteiger partial charge in [0, 0.05) is 30.3 Å². The van der Waals surface area contributed by atoms with Gasteiger partial charge in [0.05, 0.1) is 5.02 Å². The highest BCUT2D eigenvalue weighted by molar-refractivity contribution is 6.35. The van der Waals surface area contributed by atoms with E-state index in [2.05, 4.69) is 16.3 Å². The van der Waals surface area contributed by atoms with E-state index in [1.54, 1.807) is 18.2 Å². The highest BCUT2D eigenvalue weighted by Gasteiger charge is 2.15. The van der Waals surface area contributed by atoms with E-state index < -0.39 is 0 Å². The molecular formula is C19H20Cl2N2O2. The van der Waals surface area contributed by atoms with Gasteiger partial charge in [0.15, 0.2) is 6.61 Å². The van der Waals surface area contributed by atoms with Crippen LogP contribution < -0.4 is 15.0 Å². The molecule has 0 radical (unpaired) electrons. The van der Waals surface area contributed by atoms with Crippen molar-refractivity contribution in [3.05, 3.63) is 58.1 Å². The van der Waals surface area contributed by atoms with Crippen LogP contribution in [0.5, 0.6) is 5.75 Å². The van der Waals surface area contributed by atoms with Crippen LogP contribution in [0.3, 0.4) is 0 Å². The second-order valence-corrected chi connectivity index (χ2v) is 6.81. The average molecular weight is 379 g/mol. The number of nitrogens with zero attached hydrogens (tertiary/aromatic N) is 1. The number of ether oxygens (including phenoxy) is 1. The minimum absolute atomic E-state index is 0.0900. The van der Waals surface area contributed by atoms with Gasteiger partial charge in [0.25, 0.3) is 5.91 Å². The maximum atomic E-state index is 12.1. The summed E-state index contributed by atoms with van der Waals surface area (Å²) in [5, 5.41) is 3.82. The number of carbonyl (C=O) groups excluding carboxylic acids is 1. The van der Waals surface area contributed by atoms with Gasteiger partial charge in [-0.25, -0.2) is 0 Å². The molecule has 0 atom stereocenters. The molecule has 0 aromatic heterocycles. The van der Waals surface area contributed by atoms with Gasteiger partial charge < -0.3 is 15.0 Å². The molecule has 132 valence electrons. The monoisotopic (exact) mass is 378 g/mol. The molecule has 1 amide bonds.